The molecule has 0 saturated carbocycles. The summed E-state index contributed by atoms with van der Waals surface area (Å²) in [4.78, 5) is 1.61. The molecule has 1 unspecified atom stereocenters. The normalized spacial score (nSPS) is 13.7. The van der Waals surface area contributed by atoms with Crippen molar-refractivity contribution >= 4 is 0 Å². The van der Waals surface area contributed by atoms with Crippen molar-refractivity contribution in [1.82, 2.24) is 4.90 Å². The Morgan fingerprint density at radius 2 is 1.64 bits per heavy atom. The standard InChI is InChI=1S/C10H14N4/c1-3-9(2)10(8-13)14(6-4-11)7-5-12/h9-10H,3,6-7H2,1-2H3/t9?,10-/m1/s1. The molecule has 14 heavy (non-hydrogen) atoms. The lowest BCUT2D eigenvalue weighted by Gasteiger charge is -2.25. The molecule has 4 heteroatoms. The lowest BCUT2D eigenvalue weighted by Crippen LogP contribution is -2.39. The summed E-state index contributed by atoms with van der Waals surface area (Å²) in [6.07, 6.45) is 0.867. The van der Waals surface area contributed by atoms with Crippen LogP contribution in [0.4, 0.5) is 0 Å². The van der Waals surface area contributed by atoms with Gasteiger partial charge in [0.1, 0.15) is 6.04 Å². The predicted octanol–water partition coefficient (Wildman–Crippen LogP) is 1.27. The van der Waals surface area contributed by atoms with Gasteiger partial charge in [-0.1, -0.05) is 20.3 Å². The molecule has 0 rings (SSSR count). The van der Waals surface area contributed by atoms with Gasteiger partial charge in [0.15, 0.2) is 0 Å². The quantitative estimate of drug-likeness (QED) is 0.612. The number of hydrogen-bond acceptors (Lipinski definition) is 4. The first kappa shape index (κ1) is 12.4. The van der Waals surface area contributed by atoms with E-state index >= 15 is 0 Å². The van der Waals surface area contributed by atoms with Crippen LogP contribution in [0.3, 0.4) is 0 Å². The zero-order chi connectivity index (χ0) is 11.0. The summed E-state index contributed by atoms with van der Waals surface area (Å²) in [5.41, 5.74) is 0. The third-order valence-corrected chi connectivity index (χ3v) is 2.26. The summed E-state index contributed by atoms with van der Waals surface area (Å²) < 4.78 is 0. The lowest BCUT2D eigenvalue weighted by atomic mass is 9.99. The molecule has 0 aliphatic rings. The fourth-order valence-electron chi connectivity index (χ4n) is 1.23. The van der Waals surface area contributed by atoms with Gasteiger partial charge in [-0.2, -0.15) is 15.8 Å². The van der Waals surface area contributed by atoms with Gasteiger partial charge in [-0.25, -0.2) is 0 Å². The van der Waals surface area contributed by atoms with Crippen LogP contribution in [0, 0.1) is 39.9 Å². The van der Waals surface area contributed by atoms with Gasteiger partial charge in [0.2, 0.25) is 0 Å². The molecule has 0 fully saturated rings. The Morgan fingerprint density at radius 3 is 1.93 bits per heavy atom. The first-order valence-electron chi connectivity index (χ1n) is 4.58. The molecule has 4 nitrogen and oxygen atoms in total. The Balaban J connectivity index is 4.54. The van der Waals surface area contributed by atoms with E-state index in [0.29, 0.717) is 0 Å². The maximum Gasteiger partial charge on any atom is 0.102 e. The van der Waals surface area contributed by atoms with Gasteiger partial charge in [-0.3, -0.25) is 4.90 Å². The fraction of sp³-hybridized carbons (Fsp3) is 0.700. The molecule has 2 atom stereocenters. The zero-order valence-electron chi connectivity index (χ0n) is 8.56. The van der Waals surface area contributed by atoms with Crippen molar-refractivity contribution in [3.63, 3.8) is 0 Å². The molecule has 0 aromatic heterocycles. The van der Waals surface area contributed by atoms with Crippen molar-refractivity contribution in [3.05, 3.63) is 0 Å². The molecule has 0 spiro atoms. The minimum Gasteiger partial charge on any atom is -0.261 e. The number of hydrogen-bond donors (Lipinski definition) is 0. The van der Waals surface area contributed by atoms with Crippen molar-refractivity contribution < 1.29 is 0 Å². The molecule has 0 N–H and O–H groups in total. The van der Waals surface area contributed by atoms with E-state index in [1.54, 1.807) is 4.90 Å². The van der Waals surface area contributed by atoms with Gasteiger partial charge in [-0.05, 0) is 5.92 Å². The van der Waals surface area contributed by atoms with Crippen molar-refractivity contribution in [2.24, 2.45) is 5.92 Å². The molecule has 0 aliphatic carbocycles. The summed E-state index contributed by atoms with van der Waals surface area (Å²) in [5.74, 6) is 0.182. The van der Waals surface area contributed by atoms with Gasteiger partial charge < -0.3 is 0 Å². The second-order valence-corrected chi connectivity index (χ2v) is 3.18. The molecule has 0 heterocycles. The van der Waals surface area contributed by atoms with Gasteiger partial charge >= 0.3 is 0 Å². The van der Waals surface area contributed by atoms with E-state index in [4.69, 9.17) is 15.8 Å². The third-order valence-electron chi connectivity index (χ3n) is 2.26. The van der Waals surface area contributed by atoms with Crippen LogP contribution in [0.1, 0.15) is 20.3 Å². The Hall–Kier alpha value is -1.57. The average Bonchev–Trinajstić information content (AvgIpc) is 2.19. The van der Waals surface area contributed by atoms with Gasteiger partial charge in [-0.15, -0.1) is 0 Å². The van der Waals surface area contributed by atoms with Crippen LogP contribution in [0.5, 0.6) is 0 Å². The lowest BCUT2D eigenvalue weighted by molar-refractivity contribution is 0.228. The Kier molecular flexibility index (Phi) is 6.12. The molecule has 0 amide bonds. The van der Waals surface area contributed by atoms with E-state index in [2.05, 4.69) is 6.07 Å². The summed E-state index contributed by atoms with van der Waals surface area (Å²) >= 11 is 0. The topological polar surface area (TPSA) is 74.6 Å². The van der Waals surface area contributed by atoms with Crippen LogP contribution in [0.15, 0.2) is 0 Å². The maximum atomic E-state index is 8.94. The first-order chi connectivity index (χ1) is 6.71. The van der Waals surface area contributed by atoms with Crippen LogP contribution in [-0.2, 0) is 0 Å². The Bertz CT molecular complexity index is 262. The fourth-order valence-corrected chi connectivity index (χ4v) is 1.23. The molecule has 0 aromatic rings. The van der Waals surface area contributed by atoms with E-state index in [1.807, 2.05) is 26.0 Å². The monoisotopic (exact) mass is 190 g/mol. The Morgan fingerprint density at radius 1 is 1.14 bits per heavy atom. The summed E-state index contributed by atoms with van der Waals surface area (Å²) in [6, 6.07) is 5.75. The molecule has 0 saturated heterocycles. The highest BCUT2D eigenvalue weighted by Gasteiger charge is 2.22. The Labute approximate surface area is 85.0 Å². The van der Waals surface area contributed by atoms with E-state index < -0.39 is 0 Å². The first-order valence-corrected chi connectivity index (χ1v) is 4.58. The van der Waals surface area contributed by atoms with Crippen LogP contribution < -0.4 is 0 Å². The van der Waals surface area contributed by atoms with Crippen molar-refractivity contribution in [3.8, 4) is 18.2 Å². The smallest absolute Gasteiger partial charge is 0.102 e. The molecular formula is C10H14N4. The second-order valence-electron chi connectivity index (χ2n) is 3.18. The summed E-state index contributed by atoms with van der Waals surface area (Å²) in [5, 5.41) is 26.0. The second kappa shape index (κ2) is 6.89. The van der Waals surface area contributed by atoms with Gasteiger partial charge in [0, 0.05) is 0 Å². The largest absolute Gasteiger partial charge is 0.261 e. The van der Waals surface area contributed by atoms with Crippen molar-refractivity contribution in [1.29, 1.82) is 15.8 Å². The van der Waals surface area contributed by atoms with E-state index in [-0.39, 0.29) is 25.0 Å². The molecule has 0 aromatic carbocycles. The van der Waals surface area contributed by atoms with Crippen LogP contribution >= 0.6 is 0 Å². The maximum absolute atomic E-state index is 8.94. The highest BCUT2D eigenvalue weighted by molar-refractivity contribution is 4.99. The van der Waals surface area contributed by atoms with Gasteiger partial charge in [0.25, 0.3) is 0 Å². The average molecular weight is 190 g/mol. The number of nitrogens with zero attached hydrogens (tertiary/aromatic N) is 4. The minimum absolute atomic E-state index is 0.135. The summed E-state index contributed by atoms with van der Waals surface area (Å²) in [7, 11) is 0. The zero-order valence-corrected chi connectivity index (χ0v) is 8.56. The number of rotatable bonds is 5. The third kappa shape index (κ3) is 3.44. The number of nitriles is 3. The van der Waals surface area contributed by atoms with E-state index in [9.17, 15) is 0 Å². The van der Waals surface area contributed by atoms with Crippen LogP contribution in [0.25, 0.3) is 0 Å². The summed E-state index contributed by atoms with van der Waals surface area (Å²) in [6.45, 7) is 4.22. The van der Waals surface area contributed by atoms with E-state index in [1.165, 1.54) is 0 Å². The molecule has 0 radical (unpaired) electrons. The van der Waals surface area contributed by atoms with Crippen molar-refractivity contribution in [2.75, 3.05) is 13.1 Å². The highest BCUT2D eigenvalue weighted by Crippen LogP contribution is 2.13. The van der Waals surface area contributed by atoms with Crippen LogP contribution in [-0.4, -0.2) is 24.0 Å². The molecule has 74 valence electrons. The van der Waals surface area contributed by atoms with Crippen LogP contribution in [0.2, 0.25) is 0 Å². The minimum atomic E-state index is -0.334. The molecule has 0 aliphatic heterocycles. The predicted molar refractivity (Wildman–Crippen MR) is 51.7 cm³/mol. The van der Waals surface area contributed by atoms with Crippen molar-refractivity contribution in [2.45, 2.75) is 26.3 Å². The highest BCUT2D eigenvalue weighted by atomic mass is 15.1. The molecule has 0 bridgehead atoms. The SMILES string of the molecule is CCC(C)[C@@H](C#N)N(CC#N)CC#N. The molecular weight excluding hydrogens is 176 g/mol. The van der Waals surface area contributed by atoms with Gasteiger partial charge in [0.05, 0.1) is 31.3 Å². The van der Waals surface area contributed by atoms with E-state index in [0.717, 1.165) is 6.42 Å².